The molecule has 0 aromatic heterocycles. The van der Waals surface area contributed by atoms with Gasteiger partial charge in [-0.05, 0) is 0 Å². The van der Waals surface area contributed by atoms with Gasteiger partial charge in [-0.25, -0.2) is 4.79 Å². The Bertz CT molecular complexity index is 51.2. The molecule has 0 aromatic carbocycles. The summed E-state index contributed by atoms with van der Waals surface area (Å²) in [6, 6.07) is 0. The zero-order valence-corrected chi connectivity index (χ0v) is 3.03. The molecule has 0 aliphatic carbocycles. The molecule has 0 atom stereocenters. The molecule has 0 heterocycles. The molecule has 0 aliphatic rings. The summed E-state index contributed by atoms with van der Waals surface area (Å²) in [5.41, 5.74) is 0. The second-order valence-electron chi connectivity index (χ2n) is 0.351. The first-order chi connectivity index (χ1) is 3.15. The number of hydrogen-bond donors (Lipinski definition) is 2. The Balaban J connectivity index is 0. The summed E-state index contributed by atoms with van der Waals surface area (Å²) in [6.45, 7) is 0. The van der Waals surface area contributed by atoms with Crippen LogP contribution in [0, 0.1) is 9.71 Å². The average Bonchev–Trinajstić information content (AvgIpc) is 1.33. The van der Waals surface area contributed by atoms with Crippen molar-refractivity contribution in [3.8, 4) is 0 Å². The van der Waals surface area contributed by atoms with Gasteiger partial charge in [-0.1, -0.05) is 10.2 Å². The summed E-state index contributed by atoms with van der Waals surface area (Å²) in [6.07, 6.45) is -1.83. The van der Waals surface area contributed by atoms with Crippen LogP contribution in [0.3, 0.4) is 0 Å². The minimum Gasteiger partial charge on any atom is -0.450 e. The molecule has 0 saturated heterocycles. The molecule has 0 aliphatic heterocycles. The van der Waals surface area contributed by atoms with Gasteiger partial charge in [0.25, 0.3) is 0 Å². The van der Waals surface area contributed by atoms with E-state index in [2.05, 4.69) is 0 Å². The summed E-state index contributed by atoms with van der Waals surface area (Å²) in [5, 5.41) is 21.8. The second kappa shape index (κ2) is 8.82. The van der Waals surface area contributed by atoms with Gasteiger partial charge in [-0.15, -0.1) is 0 Å². The van der Waals surface area contributed by atoms with E-state index in [0.717, 1.165) is 0 Å². The van der Waals surface area contributed by atoms with Gasteiger partial charge in [0.05, 0.1) is 0 Å². The van der Waals surface area contributed by atoms with Crippen LogP contribution in [-0.4, -0.2) is 16.4 Å². The van der Waals surface area contributed by atoms with Gasteiger partial charge in [-0.2, -0.15) is 0 Å². The summed E-state index contributed by atoms with van der Waals surface area (Å²) >= 11 is 0. The van der Waals surface area contributed by atoms with E-state index in [1.165, 1.54) is 0 Å². The largest absolute Gasteiger partial charge is 0.503 e. The Hall–Kier alpha value is -1.33. The number of rotatable bonds is 0. The fraction of sp³-hybridized carbons (Fsp3) is 0. The standard InChI is InChI=1S/CH2O3.O3/c2-1(3)4;1-3-2/h(H2,2,3,4);. The van der Waals surface area contributed by atoms with E-state index in [4.69, 9.17) is 25.2 Å². The van der Waals surface area contributed by atoms with E-state index < -0.39 is 6.16 Å². The van der Waals surface area contributed by atoms with Crippen LogP contribution in [0.25, 0.3) is 0 Å². The highest BCUT2D eigenvalue weighted by Gasteiger charge is 1.70. The number of hydrogen-bond acceptors (Lipinski definition) is 3. The topological polar surface area (TPSA) is 109 Å². The van der Waals surface area contributed by atoms with Crippen molar-refractivity contribution in [3.63, 3.8) is 0 Å². The molecule has 7 heavy (non-hydrogen) atoms. The first kappa shape index (κ1) is 9.18. The van der Waals surface area contributed by atoms with Gasteiger partial charge in [0, 0.05) is 0 Å². The lowest BCUT2D eigenvalue weighted by Gasteiger charge is -1.60. The fourth-order valence-corrected chi connectivity index (χ4v) is 0. The lowest BCUT2D eigenvalue weighted by atomic mass is 11.5. The van der Waals surface area contributed by atoms with Crippen LogP contribution in [0.15, 0.2) is 0 Å². The van der Waals surface area contributed by atoms with Gasteiger partial charge in [0.2, 0.25) is 0 Å². The molecule has 0 fully saturated rings. The Morgan fingerprint density at radius 2 is 1.57 bits per heavy atom. The Kier molecular flexibility index (Phi) is 11.6. The van der Waals surface area contributed by atoms with Crippen LogP contribution in [-0.2, 0) is 0 Å². The minimum absolute atomic E-state index is 1.75. The molecule has 0 rings (SSSR count). The van der Waals surface area contributed by atoms with E-state index in [-0.39, 0.29) is 0 Å². The average molecular weight is 110 g/mol. The second-order valence-corrected chi connectivity index (χ2v) is 0.351. The molecule has 2 N–H and O–H groups in total. The highest BCUT2D eigenvalue weighted by molar-refractivity contribution is 5.53. The maximum atomic E-state index is 8.56. The highest BCUT2D eigenvalue weighted by atomic mass is 17.2. The maximum Gasteiger partial charge on any atom is 0.503 e. The van der Waals surface area contributed by atoms with Crippen molar-refractivity contribution < 1.29 is 20.3 Å². The monoisotopic (exact) mass is 110 g/mol. The normalized spacial score (nSPS) is 5.14. The Morgan fingerprint density at radius 3 is 1.57 bits per heavy atom. The first-order valence-corrected chi connectivity index (χ1v) is 0.985. The molecule has 6 nitrogen and oxygen atoms in total. The number of carboxylic acid groups (broad SMARTS) is 2. The molecule has 0 amide bonds. The smallest absolute Gasteiger partial charge is 0.450 e. The quantitative estimate of drug-likeness (QED) is 0.238. The third kappa shape index (κ3) is 18.8. The molecular weight excluding hydrogens is 108 g/mol. The van der Waals surface area contributed by atoms with Crippen LogP contribution in [0.4, 0.5) is 4.79 Å². The van der Waals surface area contributed by atoms with Crippen molar-refractivity contribution in [3.05, 3.63) is 9.71 Å². The zero-order valence-electron chi connectivity index (χ0n) is 3.03. The van der Waals surface area contributed by atoms with Crippen molar-refractivity contribution in [2.24, 2.45) is 0 Å². The van der Waals surface area contributed by atoms with E-state index in [1.807, 2.05) is 0 Å². The van der Waals surface area contributed by atoms with E-state index in [1.54, 1.807) is 4.75 Å². The van der Waals surface area contributed by atoms with Crippen LogP contribution >= 0.6 is 0 Å². The molecule has 0 spiro atoms. The van der Waals surface area contributed by atoms with Crippen molar-refractivity contribution in [2.75, 3.05) is 0 Å². The van der Waals surface area contributed by atoms with E-state index in [0.29, 0.717) is 0 Å². The van der Waals surface area contributed by atoms with Crippen LogP contribution in [0.2, 0.25) is 0 Å². The molecular formula is CH2O6. The van der Waals surface area contributed by atoms with Crippen LogP contribution in [0.1, 0.15) is 0 Å². The third-order valence-corrected chi connectivity index (χ3v) is 0. The summed E-state index contributed by atoms with van der Waals surface area (Å²) in [7, 11) is 0. The Morgan fingerprint density at radius 1 is 1.57 bits per heavy atom. The number of carbonyl (C=O) groups is 1. The van der Waals surface area contributed by atoms with Crippen LogP contribution < -0.4 is 5.26 Å². The minimum atomic E-state index is -1.83. The third-order valence-electron chi connectivity index (χ3n) is 0. The van der Waals surface area contributed by atoms with Crippen molar-refractivity contribution in [1.29, 1.82) is 0 Å². The molecule has 0 saturated carbocycles. The zero-order chi connectivity index (χ0) is 6.28. The predicted octanol–water partition coefficient (Wildman–Crippen LogP) is -0.900. The van der Waals surface area contributed by atoms with Crippen molar-refractivity contribution >= 4 is 6.16 Å². The highest BCUT2D eigenvalue weighted by Crippen LogP contribution is 1.42. The summed E-state index contributed by atoms with van der Waals surface area (Å²) in [5.74, 6) is 0. The molecule has 6 heteroatoms. The van der Waals surface area contributed by atoms with Crippen LogP contribution in [0.5, 0.6) is 0 Å². The summed E-state index contributed by atoms with van der Waals surface area (Å²) in [4.78, 5) is 16.4. The van der Waals surface area contributed by atoms with E-state index >= 15 is 0 Å². The molecule has 0 unspecified atom stereocenters. The lowest BCUT2D eigenvalue weighted by Crippen LogP contribution is -1.82. The first-order valence-electron chi connectivity index (χ1n) is 0.985. The SMILES string of the molecule is O=C(O)O.O=[O+][O-]. The molecule has 0 aromatic rings. The van der Waals surface area contributed by atoms with Crippen molar-refractivity contribution in [2.45, 2.75) is 0 Å². The molecule has 0 radical (unpaired) electrons. The molecule has 0 bridgehead atoms. The maximum absolute atomic E-state index is 8.56. The van der Waals surface area contributed by atoms with Crippen molar-refractivity contribution in [1.82, 2.24) is 0 Å². The van der Waals surface area contributed by atoms with Gasteiger partial charge >= 0.3 is 6.16 Å². The summed E-state index contributed by atoms with van der Waals surface area (Å²) < 4.78 is 1.75. The van der Waals surface area contributed by atoms with Gasteiger partial charge in [0.1, 0.15) is 0 Å². The van der Waals surface area contributed by atoms with Gasteiger partial charge in [0.15, 0.2) is 4.75 Å². The van der Waals surface area contributed by atoms with Gasteiger partial charge < -0.3 is 10.2 Å². The fourth-order valence-electron chi connectivity index (χ4n) is 0. The van der Waals surface area contributed by atoms with E-state index in [9.17, 15) is 0 Å². The lowest BCUT2D eigenvalue weighted by molar-refractivity contribution is -0.284. The predicted molar refractivity (Wildman–Crippen MR) is 17.4 cm³/mol. The van der Waals surface area contributed by atoms with Gasteiger partial charge in [-0.3, -0.25) is 0 Å². The molecule has 42 valence electrons. The Labute approximate surface area is 37.5 Å².